The van der Waals surface area contributed by atoms with Crippen molar-refractivity contribution in [2.24, 2.45) is 0 Å². The quantitative estimate of drug-likeness (QED) is 0.518. The van der Waals surface area contributed by atoms with Crippen LogP contribution in [-0.4, -0.2) is 23.8 Å². The first-order valence-corrected chi connectivity index (χ1v) is 2.14. The number of rotatable bonds is 2. The minimum atomic E-state index is -0.966. The number of hydrogen-bond donors (Lipinski definition) is 1. The van der Waals surface area contributed by atoms with Gasteiger partial charge in [-0.15, -0.1) is 11.6 Å². The Morgan fingerprint density at radius 2 is 2.33 bits per heavy atom. The number of aliphatic hydroxyl groups excluding tert-OH is 1. The molecule has 0 fully saturated rings. The topological polar surface area (TPSA) is 20.2 Å². The molecule has 0 aromatic heterocycles. The number of hydrogen-bond acceptors (Lipinski definition) is 1. The zero-order valence-electron chi connectivity index (χ0n) is 3.19. The summed E-state index contributed by atoms with van der Waals surface area (Å²) in [4.78, 5) is 0. The van der Waals surface area contributed by atoms with Crippen molar-refractivity contribution in [2.45, 2.75) is 6.10 Å². The van der Waals surface area contributed by atoms with Crippen LogP contribution in [0.15, 0.2) is 0 Å². The molecule has 0 rings (SSSR count). The molecule has 0 unspecified atom stereocenters. The molecule has 1 nitrogen and oxygen atoms in total. The predicted octanol–water partition coefficient (Wildman–Crippen LogP) is 0.556. The minimum absolute atomic E-state index is 0.0174. The molecule has 0 heterocycles. The van der Waals surface area contributed by atoms with Crippen LogP contribution in [0.4, 0.5) is 4.39 Å². The van der Waals surface area contributed by atoms with E-state index in [0.717, 1.165) is 0 Å². The van der Waals surface area contributed by atoms with E-state index >= 15 is 0 Å². The van der Waals surface area contributed by atoms with Crippen molar-refractivity contribution in [1.82, 2.24) is 0 Å². The lowest BCUT2D eigenvalue weighted by Gasteiger charge is -1.93. The van der Waals surface area contributed by atoms with Gasteiger partial charge >= 0.3 is 0 Å². The van der Waals surface area contributed by atoms with Crippen LogP contribution in [0.2, 0.25) is 0 Å². The molecule has 3 heteroatoms. The fourth-order valence-electron chi connectivity index (χ4n) is 0.0412. The Kier molecular flexibility index (Phi) is 3.47. The van der Waals surface area contributed by atoms with Crippen molar-refractivity contribution in [1.29, 1.82) is 0 Å². The van der Waals surface area contributed by atoms with Gasteiger partial charge in [0.25, 0.3) is 0 Å². The van der Waals surface area contributed by atoms with Crippen LogP contribution in [0.3, 0.4) is 0 Å². The van der Waals surface area contributed by atoms with Gasteiger partial charge in [0.05, 0.1) is 12.0 Å². The molecule has 0 aliphatic heterocycles. The Bertz CT molecular complexity index is 30.0. The molecule has 0 bridgehead atoms. The van der Waals surface area contributed by atoms with Gasteiger partial charge in [0.1, 0.15) is 6.67 Å². The standard InChI is InChI=1S/C3H6ClFO/c4-1-3(6)2-5/h3,6H,1-2H2/t3-/m1/s1. The maximum absolute atomic E-state index is 11.1. The second kappa shape index (κ2) is 3.37. The summed E-state index contributed by atoms with van der Waals surface area (Å²) in [5, 5.41) is 8.16. The first-order chi connectivity index (χ1) is 2.81. The summed E-state index contributed by atoms with van der Waals surface area (Å²) in [6.45, 7) is -0.747. The second-order valence-electron chi connectivity index (χ2n) is 0.962. The molecule has 6 heavy (non-hydrogen) atoms. The number of alkyl halides is 2. The fourth-order valence-corrected chi connectivity index (χ4v) is 0.124. The SMILES string of the molecule is O[C@@H](CF)CCl. The van der Waals surface area contributed by atoms with Crippen molar-refractivity contribution < 1.29 is 9.50 Å². The summed E-state index contributed by atoms with van der Waals surface area (Å²) < 4.78 is 11.1. The van der Waals surface area contributed by atoms with E-state index < -0.39 is 12.8 Å². The Morgan fingerprint density at radius 3 is 2.33 bits per heavy atom. The highest BCUT2D eigenvalue weighted by molar-refractivity contribution is 6.18. The van der Waals surface area contributed by atoms with Gasteiger partial charge in [-0.2, -0.15) is 0 Å². The summed E-state index contributed by atoms with van der Waals surface area (Å²) in [6.07, 6.45) is -0.966. The maximum atomic E-state index is 11.1. The van der Waals surface area contributed by atoms with Crippen LogP contribution in [-0.2, 0) is 0 Å². The summed E-state index contributed by atoms with van der Waals surface area (Å²) >= 11 is 4.96. The van der Waals surface area contributed by atoms with Crippen molar-refractivity contribution in [3.63, 3.8) is 0 Å². The molecule has 0 saturated carbocycles. The van der Waals surface area contributed by atoms with E-state index in [0.29, 0.717) is 0 Å². The zero-order valence-corrected chi connectivity index (χ0v) is 3.95. The third-order valence-corrected chi connectivity index (χ3v) is 0.712. The van der Waals surface area contributed by atoms with Crippen LogP contribution >= 0.6 is 11.6 Å². The molecule has 1 N–H and O–H groups in total. The molecular formula is C3H6ClFO. The van der Waals surface area contributed by atoms with Gasteiger partial charge in [0.2, 0.25) is 0 Å². The van der Waals surface area contributed by atoms with Gasteiger partial charge in [-0.05, 0) is 0 Å². The lowest BCUT2D eigenvalue weighted by atomic mass is 10.5. The van der Waals surface area contributed by atoms with E-state index in [1.54, 1.807) is 0 Å². The highest BCUT2D eigenvalue weighted by Crippen LogP contribution is 1.85. The Morgan fingerprint density at radius 1 is 1.83 bits per heavy atom. The lowest BCUT2D eigenvalue weighted by Crippen LogP contribution is -2.09. The minimum Gasteiger partial charge on any atom is -0.389 e. The molecule has 0 amide bonds. The second-order valence-corrected chi connectivity index (χ2v) is 1.27. The van der Waals surface area contributed by atoms with Crippen LogP contribution < -0.4 is 0 Å². The molecule has 38 valence electrons. The first-order valence-electron chi connectivity index (χ1n) is 1.61. The number of halogens is 2. The van der Waals surface area contributed by atoms with Crippen LogP contribution in [0, 0.1) is 0 Å². The van der Waals surface area contributed by atoms with Gasteiger partial charge < -0.3 is 5.11 Å². The normalized spacial score (nSPS) is 14.5. The molecule has 0 aromatic carbocycles. The van der Waals surface area contributed by atoms with E-state index in [2.05, 4.69) is 0 Å². The van der Waals surface area contributed by atoms with E-state index in [9.17, 15) is 4.39 Å². The molecule has 1 atom stereocenters. The third-order valence-electron chi connectivity index (χ3n) is 0.356. The van der Waals surface area contributed by atoms with Gasteiger partial charge in [-0.25, -0.2) is 4.39 Å². The average molecular weight is 113 g/mol. The highest BCUT2D eigenvalue weighted by Gasteiger charge is 1.95. The van der Waals surface area contributed by atoms with E-state index in [1.807, 2.05) is 0 Å². The maximum Gasteiger partial charge on any atom is 0.116 e. The van der Waals surface area contributed by atoms with Crippen molar-refractivity contribution >= 4 is 11.6 Å². The first kappa shape index (κ1) is 6.18. The summed E-state index contributed by atoms with van der Waals surface area (Å²) in [6, 6.07) is 0. The summed E-state index contributed by atoms with van der Waals surface area (Å²) in [7, 11) is 0. The molecule has 0 aromatic rings. The zero-order chi connectivity index (χ0) is 4.99. The highest BCUT2D eigenvalue weighted by atomic mass is 35.5. The summed E-state index contributed by atoms with van der Waals surface area (Å²) in [5.41, 5.74) is 0. The molecule has 0 saturated heterocycles. The van der Waals surface area contributed by atoms with E-state index in [-0.39, 0.29) is 5.88 Å². The van der Waals surface area contributed by atoms with Crippen molar-refractivity contribution in [3.05, 3.63) is 0 Å². The summed E-state index contributed by atoms with van der Waals surface area (Å²) in [5.74, 6) is -0.0174. The largest absolute Gasteiger partial charge is 0.389 e. The molecule has 0 aliphatic carbocycles. The third kappa shape index (κ3) is 2.42. The Balaban J connectivity index is 2.75. The number of aliphatic hydroxyl groups is 1. The predicted molar refractivity (Wildman–Crippen MR) is 22.7 cm³/mol. The average Bonchev–Trinajstić information content (AvgIpc) is 1.65. The molecule has 0 aliphatic rings. The molecule has 0 radical (unpaired) electrons. The smallest absolute Gasteiger partial charge is 0.116 e. The Labute approximate surface area is 40.7 Å². The lowest BCUT2D eigenvalue weighted by molar-refractivity contribution is 0.161. The van der Waals surface area contributed by atoms with Crippen LogP contribution in [0.25, 0.3) is 0 Å². The van der Waals surface area contributed by atoms with Crippen LogP contribution in [0.1, 0.15) is 0 Å². The van der Waals surface area contributed by atoms with Crippen LogP contribution in [0.5, 0.6) is 0 Å². The Hall–Kier alpha value is 0.180. The molecular weight excluding hydrogens is 106 g/mol. The van der Waals surface area contributed by atoms with E-state index in [4.69, 9.17) is 16.7 Å². The van der Waals surface area contributed by atoms with Crippen molar-refractivity contribution in [2.75, 3.05) is 12.6 Å². The van der Waals surface area contributed by atoms with E-state index in [1.165, 1.54) is 0 Å². The van der Waals surface area contributed by atoms with Gasteiger partial charge in [-0.1, -0.05) is 0 Å². The van der Waals surface area contributed by atoms with Gasteiger partial charge in [0.15, 0.2) is 0 Å². The van der Waals surface area contributed by atoms with Gasteiger partial charge in [-0.3, -0.25) is 0 Å². The monoisotopic (exact) mass is 112 g/mol. The van der Waals surface area contributed by atoms with Crippen molar-refractivity contribution in [3.8, 4) is 0 Å². The molecule has 0 spiro atoms. The van der Waals surface area contributed by atoms with Gasteiger partial charge in [0, 0.05) is 0 Å². The fraction of sp³-hybridized carbons (Fsp3) is 1.00.